The van der Waals surface area contributed by atoms with Crippen LogP contribution in [0.5, 0.6) is 0 Å². The maximum atomic E-state index is 12.6. The summed E-state index contributed by atoms with van der Waals surface area (Å²) in [6.45, 7) is 0. The smallest absolute Gasteiger partial charge is 0.222 e. The zero-order valence-electron chi connectivity index (χ0n) is 18.8. The Labute approximate surface area is 181 Å². The van der Waals surface area contributed by atoms with Gasteiger partial charge in [0.2, 0.25) is 5.91 Å². The third-order valence-electron chi connectivity index (χ3n) is 6.93. The summed E-state index contributed by atoms with van der Waals surface area (Å²) in [6, 6.07) is 4.51. The molecule has 2 aliphatic carbocycles. The van der Waals surface area contributed by atoms with Crippen molar-refractivity contribution in [2.45, 2.75) is 83.1 Å². The largest absolute Gasteiger partial charge is 0.396 e. The molecule has 0 atom stereocenters. The number of nitrogens with two attached hydrogens (primary N) is 2. The van der Waals surface area contributed by atoms with Gasteiger partial charge in [0.05, 0.1) is 17.1 Å². The fourth-order valence-electron chi connectivity index (χ4n) is 4.97. The molecule has 0 spiro atoms. The van der Waals surface area contributed by atoms with Crippen LogP contribution in [0, 0.1) is 5.92 Å². The number of rotatable bonds is 8. The molecule has 6 nitrogen and oxygen atoms in total. The number of carbonyl (C=O) groups excluding carboxylic acids is 1. The summed E-state index contributed by atoms with van der Waals surface area (Å²) < 4.78 is 0. The molecule has 0 saturated heterocycles. The fraction of sp³-hybridized carbons (Fsp3) is 0.667. The van der Waals surface area contributed by atoms with Crippen LogP contribution in [-0.2, 0) is 11.2 Å². The van der Waals surface area contributed by atoms with Crippen molar-refractivity contribution in [3.05, 3.63) is 35.3 Å². The predicted molar refractivity (Wildman–Crippen MR) is 122 cm³/mol. The van der Waals surface area contributed by atoms with Gasteiger partial charge in [-0.2, -0.15) is 0 Å². The minimum Gasteiger partial charge on any atom is -0.396 e. The Morgan fingerprint density at radius 1 is 1.03 bits per heavy atom. The van der Waals surface area contributed by atoms with Crippen LogP contribution in [0.3, 0.4) is 0 Å². The first-order valence-electron chi connectivity index (χ1n) is 11.6. The number of hydrogen-bond donors (Lipinski definition) is 2. The quantitative estimate of drug-likeness (QED) is 0.500. The highest BCUT2D eigenvalue weighted by atomic mass is 16.2. The summed E-state index contributed by atoms with van der Waals surface area (Å²) in [5.74, 6) is 7.00. The van der Waals surface area contributed by atoms with E-state index in [1.165, 1.54) is 55.5 Å². The van der Waals surface area contributed by atoms with E-state index < -0.39 is 0 Å². The van der Waals surface area contributed by atoms with Crippen molar-refractivity contribution in [3.8, 4) is 0 Å². The highest BCUT2D eigenvalue weighted by Gasteiger charge is 2.24. The van der Waals surface area contributed by atoms with Crippen LogP contribution in [0.25, 0.3) is 5.70 Å². The predicted octanol–water partition coefficient (Wildman–Crippen LogP) is 3.82. The van der Waals surface area contributed by atoms with E-state index in [-0.39, 0.29) is 5.91 Å². The first-order chi connectivity index (χ1) is 14.5. The molecular formula is C24H39N5O. The molecule has 166 valence electrons. The van der Waals surface area contributed by atoms with Crippen molar-refractivity contribution >= 4 is 11.6 Å². The lowest BCUT2D eigenvalue weighted by molar-refractivity contribution is -0.131. The van der Waals surface area contributed by atoms with E-state index in [2.05, 4.69) is 11.1 Å². The lowest BCUT2D eigenvalue weighted by Crippen LogP contribution is -2.36. The highest BCUT2D eigenvalue weighted by molar-refractivity contribution is 5.77. The molecule has 3 rings (SSSR count). The number of hydrogen-bond acceptors (Lipinski definition) is 5. The van der Waals surface area contributed by atoms with Crippen LogP contribution >= 0.6 is 0 Å². The minimum atomic E-state index is 0.157. The summed E-state index contributed by atoms with van der Waals surface area (Å²) in [7, 11) is 3.69. The van der Waals surface area contributed by atoms with Crippen molar-refractivity contribution in [3.63, 3.8) is 0 Å². The van der Waals surface area contributed by atoms with E-state index in [9.17, 15) is 4.79 Å². The van der Waals surface area contributed by atoms with E-state index in [0.29, 0.717) is 24.6 Å². The van der Waals surface area contributed by atoms with E-state index >= 15 is 0 Å². The Kier molecular flexibility index (Phi) is 8.14. The Morgan fingerprint density at radius 2 is 1.70 bits per heavy atom. The van der Waals surface area contributed by atoms with E-state index in [1.54, 1.807) is 7.05 Å². The minimum absolute atomic E-state index is 0.157. The first kappa shape index (κ1) is 22.6. The second-order valence-electron chi connectivity index (χ2n) is 9.17. The zero-order chi connectivity index (χ0) is 21.5. The SMILES string of the molecule is CN(N)/C(CCC(=O)N(C)C1CCCC1)=C(\N)c1ccc(CC2CCCCC2)cn1. The number of aromatic nitrogens is 1. The summed E-state index contributed by atoms with van der Waals surface area (Å²) in [4.78, 5) is 19.2. The summed E-state index contributed by atoms with van der Waals surface area (Å²) in [6.07, 6.45) is 15.4. The van der Waals surface area contributed by atoms with Crippen LogP contribution in [0.4, 0.5) is 0 Å². The normalized spacial score (nSPS) is 18.9. The number of hydrazine groups is 1. The summed E-state index contributed by atoms with van der Waals surface area (Å²) in [5.41, 5.74) is 9.75. The molecule has 0 aromatic carbocycles. The Bertz CT molecular complexity index is 716. The van der Waals surface area contributed by atoms with Gasteiger partial charge < -0.3 is 15.6 Å². The number of amides is 1. The average Bonchev–Trinajstić information content (AvgIpc) is 3.29. The van der Waals surface area contributed by atoms with Crippen molar-refractivity contribution in [1.29, 1.82) is 0 Å². The molecule has 1 aromatic rings. The van der Waals surface area contributed by atoms with Gasteiger partial charge in [0, 0.05) is 32.8 Å². The number of pyridine rings is 1. The third-order valence-corrected chi connectivity index (χ3v) is 6.93. The van der Waals surface area contributed by atoms with Crippen molar-refractivity contribution < 1.29 is 4.79 Å². The van der Waals surface area contributed by atoms with Gasteiger partial charge in [0.25, 0.3) is 0 Å². The average molecular weight is 414 g/mol. The standard InChI is InChI=1S/C24H39N5O/c1-28(20-10-6-7-11-20)23(30)15-14-22(29(2)26)24(25)21-13-12-19(17-27-21)16-18-8-4-3-5-9-18/h12-13,17-18,20H,3-11,14-16,25-26H2,1-2H3/b24-22-. The van der Waals surface area contributed by atoms with Gasteiger partial charge in [-0.1, -0.05) is 51.0 Å². The molecule has 1 heterocycles. The molecule has 2 aliphatic rings. The molecule has 1 aromatic heterocycles. The highest BCUT2D eigenvalue weighted by Crippen LogP contribution is 2.27. The molecule has 1 amide bonds. The van der Waals surface area contributed by atoms with Crippen LogP contribution in [-0.4, -0.2) is 40.9 Å². The van der Waals surface area contributed by atoms with Gasteiger partial charge in [0.15, 0.2) is 0 Å². The van der Waals surface area contributed by atoms with Gasteiger partial charge >= 0.3 is 0 Å². The maximum absolute atomic E-state index is 12.6. The Morgan fingerprint density at radius 3 is 2.30 bits per heavy atom. The number of nitrogens with zero attached hydrogens (tertiary/aromatic N) is 3. The van der Waals surface area contributed by atoms with Gasteiger partial charge in [-0.25, -0.2) is 5.84 Å². The van der Waals surface area contributed by atoms with Crippen molar-refractivity contribution in [2.24, 2.45) is 17.5 Å². The van der Waals surface area contributed by atoms with Crippen molar-refractivity contribution in [1.82, 2.24) is 14.9 Å². The molecule has 0 unspecified atom stereocenters. The molecule has 4 N–H and O–H groups in total. The topological polar surface area (TPSA) is 88.5 Å². The molecule has 2 fully saturated rings. The second kappa shape index (κ2) is 10.8. The first-order valence-corrected chi connectivity index (χ1v) is 11.6. The molecular weight excluding hydrogens is 374 g/mol. The molecule has 30 heavy (non-hydrogen) atoms. The lowest BCUT2D eigenvalue weighted by atomic mass is 9.85. The maximum Gasteiger partial charge on any atom is 0.222 e. The molecule has 2 saturated carbocycles. The van der Waals surface area contributed by atoms with Crippen LogP contribution in [0.1, 0.15) is 81.9 Å². The molecule has 0 aliphatic heterocycles. The van der Waals surface area contributed by atoms with Gasteiger partial charge in [-0.3, -0.25) is 9.78 Å². The van der Waals surface area contributed by atoms with Crippen molar-refractivity contribution in [2.75, 3.05) is 14.1 Å². The molecule has 0 radical (unpaired) electrons. The van der Waals surface area contributed by atoms with Gasteiger partial charge in [-0.05, 0) is 43.2 Å². The van der Waals surface area contributed by atoms with Crippen LogP contribution < -0.4 is 11.6 Å². The Hall–Kier alpha value is -2.08. The molecule has 6 heteroatoms. The monoisotopic (exact) mass is 413 g/mol. The molecule has 0 bridgehead atoms. The number of carbonyl (C=O) groups is 1. The fourth-order valence-corrected chi connectivity index (χ4v) is 4.97. The van der Waals surface area contributed by atoms with Crippen LogP contribution in [0.15, 0.2) is 24.0 Å². The van der Waals surface area contributed by atoms with E-state index in [1.807, 2.05) is 24.2 Å². The number of allylic oxidation sites excluding steroid dienone is 1. The summed E-state index contributed by atoms with van der Waals surface area (Å²) >= 11 is 0. The van der Waals surface area contributed by atoms with Gasteiger partial charge in [0.1, 0.15) is 0 Å². The Balaban J connectivity index is 1.62. The zero-order valence-corrected chi connectivity index (χ0v) is 18.8. The summed E-state index contributed by atoms with van der Waals surface area (Å²) in [5, 5.41) is 1.52. The van der Waals surface area contributed by atoms with E-state index in [0.717, 1.165) is 36.6 Å². The van der Waals surface area contributed by atoms with E-state index in [4.69, 9.17) is 11.6 Å². The van der Waals surface area contributed by atoms with Gasteiger partial charge in [-0.15, -0.1) is 0 Å². The second-order valence-corrected chi connectivity index (χ2v) is 9.17. The van der Waals surface area contributed by atoms with Crippen LogP contribution in [0.2, 0.25) is 0 Å². The third kappa shape index (κ3) is 5.97. The lowest BCUT2D eigenvalue weighted by Gasteiger charge is -2.25.